The molecule has 0 saturated carbocycles. The van der Waals surface area contributed by atoms with E-state index in [0.717, 1.165) is 0 Å². The molecule has 0 aromatic carbocycles. The maximum atomic E-state index is 11.6. The molecule has 0 aliphatic heterocycles. The number of aryl methyl sites for hydroxylation is 1. The average Bonchev–Trinajstić information content (AvgIpc) is 2.59. The molecule has 0 unspecified atom stereocenters. The Bertz CT molecular complexity index is 348. The minimum atomic E-state index is -0.360. The van der Waals surface area contributed by atoms with E-state index in [-0.39, 0.29) is 24.2 Å². The van der Waals surface area contributed by atoms with Crippen molar-refractivity contribution in [3.63, 3.8) is 0 Å². The van der Waals surface area contributed by atoms with E-state index in [4.69, 9.17) is 10.8 Å². The van der Waals surface area contributed by atoms with Crippen LogP contribution >= 0.6 is 0 Å². The Morgan fingerprint density at radius 2 is 2.47 bits per heavy atom. The standard InChI is InChI=1S/C9H16N4O2/c1-3-13-4-7(10)8(12-13)9(15)11-6(2)5-14/h4,6,14H,3,5,10H2,1-2H3,(H,11,15)/t6-/m0/s1. The summed E-state index contributed by atoms with van der Waals surface area (Å²) in [6.45, 7) is 4.16. The first-order valence-corrected chi connectivity index (χ1v) is 4.83. The van der Waals surface area contributed by atoms with Gasteiger partial charge in [-0.25, -0.2) is 0 Å². The fraction of sp³-hybridized carbons (Fsp3) is 0.556. The van der Waals surface area contributed by atoms with Gasteiger partial charge >= 0.3 is 0 Å². The van der Waals surface area contributed by atoms with Crippen molar-refractivity contribution in [1.82, 2.24) is 15.1 Å². The van der Waals surface area contributed by atoms with E-state index in [1.54, 1.807) is 17.8 Å². The molecule has 0 spiro atoms. The van der Waals surface area contributed by atoms with Crippen molar-refractivity contribution < 1.29 is 9.90 Å². The van der Waals surface area contributed by atoms with Gasteiger partial charge in [-0.05, 0) is 13.8 Å². The van der Waals surface area contributed by atoms with Crippen molar-refractivity contribution in [3.05, 3.63) is 11.9 Å². The number of aliphatic hydroxyl groups is 1. The Morgan fingerprint density at radius 3 is 2.93 bits per heavy atom. The van der Waals surface area contributed by atoms with Gasteiger partial charge in [-0.2, -0.15) is 5.10 Å². The number of rotatable bonds is 4. The number of hydrogen-bond donors (Lipinski definition) is 3. The number of anilines is 1. The number of nitrogens with zero attached hydrogens (tertiary/aromatic N) is 2. The molecule has 6 nitrogen and oxygen atoms in total. The third kappa shape index (κ3) is 2.69. The van der Waals surface area contributed by atoms with Crippen LogP contribution in [0.1, 0.15) is 24.3 Å². The van der Waals surface area contributed by atoms with Crippen LogP contribution in [0.5, 0.6) is 0 Å². The topological polar surface area (TPSA) is 93.2 Å². The second kappa shape index (κ2) is 4.79. The van der Waals surface area contributed by atoms with Gasteiger partial charge in [0.15, 0.2) is 5.69 Å². The molecule has 1 heterocycles. The molecule has 0 bridgehead atoms. The maximum Gasteiger partial charge on any atom is 0.274 e. The summed E-state index contributed by atoms with van der Waals surface area (Å²) in [5.41, 5.74) is 6.18. The first kappa shape index (κ1) is 11.5. The van der Waals surface area contributed by atoms with Crippen LogP contribution in [0.25, 0.3) is 0 Å². The van der Waals surface area contributed by atoms with Gasteiger partial charge < -0.3 is 16.2 Å². The zero-order valence-electron chi connectivity index (χ0n) is 8.90. The molecular weight excluding hydrogens is 196 g/mol. The van der Waals surface area contributed by atoms with Crippen molar-refractivity contribution in [1.29, 1.82) is 0 Å². The van der Waals surface area contributed by atoms with E-state index in [1.807, 2.05) is 6.92 Å². The first-order valence-electron chi connectivity index (χ1n) is 4.83. The van der Waals surface area contributed by atoms with Gasteiger partial charge in [0.2, 0.25) is 0 Å². The van der Waals surface area contributed by atoms with Gasteiger partial charge in [-0.3, -0.25) is 9.48 Å². The lowest BCUT2D eigenvalue weighted by Crippen LogP contribution is -2.35. The van der Waals surface area contributed by atoms with Crippen molar-refractivity contribution in [2.45, 2.75) is 26.4 Å². The monoisotopic (exact) mass is 212 g/mol. The highest BCUT2D eigenvalue weighted by atomic mass is 16.3. The molecule has 1 aromatic heterocycles. The number of carbonyl (C=O) groups is 1. The summed E-state index contributed by atoms with van der Waals surface area (Å²) in [6, 6.07) is -0.302. The van der Waals surface area contributed by atoms with Gasteiger partial charge in [0.05, 0.1) is 12.3 Å². The molecule has 0 fully saturated rings. The summed E-state index contributed by atoms with van der Waals surface area (Å²) < 4.78 is 1.59. The molecule has 4 N–H and O–H groups in total. The predicted molar refractivity (Wildman–Crippen MR) is 56.3 cm³/mol. The van der Waals surface area contributed by atoms with Crippen LogP contribution in [0.15, 0.2) is 6.20 Å². The summed E-state index contributed by atoms with van der Waals surface area (Å²) in [5.74, 6) is -0.360. The van der Waals surface area contributed by atoms with Gasteiger partial charge in [-0.1, -0.05) is 0 Å². The summed E-state index contributed by atoms with van der Waals surface area (Å²) >= 11 is 0. The summed E-state index contributed by atoms with van der Waals surface area (Å²) in [4.78, 5) is 11.6. The molecular formula is C9H16N4O2. The fourth-order valence-corrected chi connectivity index (χ4v) is 1.11. The SMILES string of the molecule is CCn1cc(N)c(C(=O)N[C@@H](C)CO)n1. The molecule has 6 heteroatoms. The smallest absolute Gasteiger partial charge is 0.274 e. The summed E-state index contributed by atoms with van der Waals surface area (Å²) in [7, 11) is 0. The largest absolute Gasteiger partial charge is 0.396 e. The van der Waals surface area contributed by atoms with E-state index in [0.29, 0.717) is 12.2 Å². The van der Waals surface area contributed by atoms with E-state index in [2.05, 4.69) is 10.4 Å². The number of aromatic nitrogens is 2. The zero-order chi connectivity index (χ0) is 11.4. The molecule has 0 radical (unpaired) electrons. The molecule has 0 saturated heterocycles. The first-order chi connectivity index (χ1) is 7.08. The molecule has 1 amide bonds. The minimum Gasteiger partial charge on any atom is -0.396 e. The second-order valence-electron chi connectivity index (χ2n) is 3.35. The van der Waals surface area contributed by atoms with Crippen LogP contribution in [0, 0.1) is 0 Å². The van der Waals surface area contributed by atoms with Crippen LogP contribution in [-0.4, -0.2) is 33.4 Å². The van der Waals surface area contributed by atoms with Crippen molar-refractivity contribution >= 4 is 11.6 Å². The zero-order valence-corrected chi connectivity index (χ0v) is 8.90. The van der Waals surface area contributed by atoms with Gasteiger partial charge in [-0.15, -0.1) is 0 Å². The quantitative estimate of drug-likeness (QED) is 0.633. The number of carbonyl (C=O) groups excluding carboxylic acids is 1. The van der Waals surface area contributed by atoms with Crippen LogP contribution in [0.3, 0.4) is 0 Å². The predicted octanol–water partition coefficient (Wildman–Crippen LogP) is -0.404. The number of hydrogen-bond acceptors (Lipinski definition) is 4. The fourth-order valence-electron chi connectivity index (χ4n) is 1.11. The molecule has 84 valence electrons. The number of amides is 1. The normalized spacial score (nSPS) is 12.5. The third-order valence-corrected chi connectivity index (χ3v) is 1.98. The van der Waals surface area contributed by atoms with Gasteiger partial charge in [0.1, 0.15) is 0 Å². The average molecular weight is 212 g/mol. The highest BCUT2D eigenvalue weighted by molar-refractivity contribution is 5.97. The number of nitrogen functional groups attached to an aromatic ring is 1. The molecule has 0 aliphatic rings. The van der Waals surface area contributed by atoms with Crippen LogP contribution in [0.2, 0.25) is 0 Å². The van der Waals surface area contributed by atoms with Crippen LogP contribution in [0.4, 0.5) is 5.69 Å². The number of aliphatic hydroxyl groups excluding tert-OH is 1. The maximum absolute atomic E-state index is 11.6. The summed E-state index contributed by atoms with van der Waals surface area (Å²) in [5, 5.41) is 15.4. The van der Waals surface area contributed by atoms with E-state index in [1.165, 1.54) is 0 Å². The van der Waals surface area contributed by atoms with Gasteiger partial charge in [0.25, 0.3) is 5.91 Å². The van der Waals surface area contributed by atoms with E-state index in [9.17, 15) is 4.79 Å². The lowest BCUT2D eigenvalue weighted by atomic mass is 10.3. The molecule has 1 rings (SSSR count). The van der Waals surface area contributed by atoms with Crippen molar-refractivity contribution in [3.8, 4) is 0 Å². The lowest BCUT2D eigenvalue weighted by molar-refractivity contribution is 0.0917. The summed E-state index contributed by atoms with van der Waals surface area (Å²) in [6.07, 6.45) is 1.61. The Balaban J connectivity index is 2.77. The van der Waals surface area contributed by atoms with E-state index >= 15 is 0 Å². The van der Waals surface area contributed by atoms with Crippen LogP contribution in [-0.2, 0) is 6.54 Å². The molecule has 1 atom stereocenters. The molecule has 0 aliphatic carbocycles. The van der Waals surface area contributed by atoms with Crippen molar-refractivity contribution in [2.24, 2.45) is 0 Å². The highest BCUT2D eigenvalue weighted by Gasteiger charge is 2.15. The molecule has 15 heavy (non-hydrogen) atoms. The van der Waals surface area contributed by atoms with Gasteiger partial charge in [0, 0.05) is 18.8 Å². The van der Waals surface area contributed by atoms with E-state index < -0.39 is 0 Å². The lowest BCUT2D eigenvalue weighted by Gasteiger charge is -2.09. The minimum absolute atomic E-state index is 0.111. The number of nitrogens with one attached hydrogen (secondary N) is 1. The highest BCUT2D eigenvalue weighted by Crippen LogP contribution is 2.08. The van der Waals surface area contributed by atoms with Crippen molar-refractivity contribution in [2.75, 3.05) is 12.3 Å². The third-order valence-electron chi connectivity index (χ3n) is 1.98. The second-order valence-corrected chi connectivity index (χ2v) is 3.35. The Hall–Kier alpha value is -1.56. The molecule has 1 aromatic rings. The van der Waals surface area contributed by atoms with Crippen LogP contribution < -0.4 is 11.1 Å². The Labute approximate surface area is 88.1 Å². The Morgan fingerprint density at radius 1 is 1.80 bits per heavy atom. The number of nitrogens with two attached hydrogens (primary N) is 1. The Kier molecular flexibility index (Phi) is 3.68.